The zero-order valence-electron chi connectivity index (χ0n) is 20.2. The summed E-state index contributed by atoms with van der Waals surface area (Å²) < 4.78 is 1.55. The number of rotatable bonds is 7. The topological polar surface area (TPSA) is 87.5 Å². The van der Waals surface area contributed by atoms with Gasteiger partial charge in [0.05, 0.1) is 17.8 Å². The van der Waals surface area contributed by atoms with Gasteiger partial charge in [-0.25, -0.2) is 4.98 Å². The highest BCUT2D eigenvalue weighted by Gasteiger charge is 2.30. The van der Waals surface area contributed by atoms with Gasteiger partial charge in [0.2, 0.25) is 11.8 Å². The van der Waals surface area contributed by atoms with Crippen LogP contribution in [0.5, 0.6) is 0 Å². The number of nitrogens with one attached hydrogen (secondary N) is 1. The van der Waals surface area contributed by atoms with Crippen LogP contribution >= 0.6 is 11.3 Å². The third-order valence-corrected chi connectivity index (χ3v) is 7.89. The molecule has 2 amide bonds. The second kappa shape index (κ2) is 9.91. The molecule has 3 aromatic rings. The number of benzene rings is 1. The van der Waals surface area contributed by atoms with Gasteiger partial charge in [-0.2, -0.15) is 0 Å². The number of fused-ring (bicyclic) bond motifs is 1. The molecule has 0 bridgehead atoms. The molecular formula is C26H31N5O3S. The molecule has 3 heterocycles. The van der Waals surface area contributed by atoms with Gasteiger partial charge < -0.3 is 10.2 Å². The number of carbonyl (C=O) groups is 2. The fraction of sp³-hybridized carbons (Fsp3) is 0.462. The van der Waals surface area contributed by atoms with Crippen LogP contribution in [0.2, 0.25) is 0 Å². The Kier molecular flexibility index (Phi) is 6.71. The Morgan fingerprint density at radius 1 is 1.14 bits per heavy atom. The number of hydrogen-bond donors (Lipinski definition) is 1. The van der Waals surface area contributed by atoms with Crippen LogP contribution in [0.3, 0.4) is 0 Å². The highest BCUT2D eigenvalue weighted by atomic mass is 32.1. The first-order chi connectivity index (χ1) is 16.9. The van der Waals surface area contributed by atoms with Crippen molar-refractivity contribution in [3.05, 3.63) is 51.9 Å². The smallest absolute Gasteiger partial charge is 0.262 e. The van der Waals surface area contributed by atoms with E-state index in [-0.39, 0.29) is 29.8 Å². The monoisotopic (exact) mass is 493 g/mol. The van der Waals surface area contributed by atoms with Crippen LogP contribution in [0.1, 0.15) is 31.7 Å². The van der Waals surface area contributed by atoms with E-state index in [1.165, 1.54) is 16.9 Å². The average Bonchev–Trinajstić information content (AvgIpc) is 3.58. The maximum Gasteiger partial charge on any atom is 0.262 e. The number of amides is 2. The van der Waals surface area contributed by atoms with Crippen molar-refractivity contribution in [3.8, 4) is 11.1 Å². The molecule has 0 spiro atoms. The van der Waals surface area contributed by atoms with Crippen molar-refractivity contribution >= 4 is 33.4 Å². The van der Waals surface area contributed by atoms with Gasteiger partial charge in [-0.05, 0) is 32.3 Å². The molecule has 1 N–H and O–H groups in total. The highest BCUT2D eigenvalue weighted by Crippen LogP contribution is 2.30. The Balaban J connectivity index is 1.20. The molecule has 8 nitrogen and oxygen atoms in total. The molecule has 184 valence electrons. The summed E-state index contributed by atoms with van der Waals surface area (Å²) in [5.74, 6) is 0.101. The van der Waals surface area contributed by atoms with E-state index in [9.17, 15) is 14.4 Å². The molecule has 1 aromatic carbocycles. The Bertz CT molecular complexity index is 1290. The molecule has 1 atom stereocenters. The normalized spacial score (nSPS) is 17.5. The number of thiophene rings is 1. The summed E-state index contributed by atoms with van der Waals surface area (Å²) in [6.07, 6.45) is 3.94. The van der Waals surface area contributed by atoms with E-state index in [1.54, 1.807) is 10.9 Å². The van der Waals surface area contributed by atoms with Gasteiger partial charge >= 0.3 is 0 Å². The van der Waals surface area contributed by atoms with Crippen LogP contribution < -0.4 is 10.9 Å². The molecule has 9 heteroatoms. The van der Waals surface area contributed by atoms with Gasteiger partial charge in [-0.1, -0.05) is 29.8 Å². The van der Waals surface area contributed by atoms with Crippen LogP contribution in [-0.4, -0.2) is 69.4 Å². The van der Waals surface area contributed by atoms with E-state index in [1.807, 2.05) is 48.4 Å². The average molecular weight is 494 g/mol. The lowest BCUT2D eigenvalue weighted by molar-refractivity contribution is -0.134. The highest BCUT2D eigenvalue weighted by molar-refractivity contribution is 7.17. The number of aryl methyl sites for hydroxylation is 2. The van der Waals surface area contributed by atoms with Gasteiger partial charge in [-0.15, -0.1) is 11.3 Å². The summed E-state index contributed by atoms with van der Waals surface area (Å²) in [4.78, 5) is 47.6. The van der Waals surface area contributed by atoms with Gasteiger partial charge in [0.25, 0.3) is 5.56 Å². The van der Waals surface area contributed by atoms with Crippen LogP contribution in [0, 0.1) is 6.92 Å². The molecule has 1 aliphatic heterocycles. The van der Waals surface area contributed by atoms with E-state index in [0.29, 0.717) is 49.0 Å². The third kappa shape index (κ3) is 5.16. The SMILES string of the molecule is Cc1ccc(-c2csc3ncn(CCC(=O)N4CCN(C(C)C(=O)NC5CC5)CC4)c(=O)c23)cc1. The number of piperazine rings is 1. The number of hydrogen-bond acceptors (Lipinski definition) is 6. The van der Waals surface area contributed by atoms with Crippen LogP contribution in [-0.2, 0) is 16.1 Å². The van der Waals surface area contributed by atoms with E-state index in [4.69, 9.17) is 0 Å². The predicted molar refractivity (Wildman–Crippen MR) is 137 cm³/mol. The van der Waals surface area contributed by atoms with Crippen molar-refractivity contribution in [1.82, 2.24) is 24.7 Å². The van der Waals surface area contributed by atoms with E-state index >= 15 is 0 Å². The molecule has 1 aliphatic carbocycles. The molecule has 2 fully saturated rings. The maximum atomic E-state index is 13.3. The fourth-order valence-corrected chi connectivity index (χ4v) is 5.43. The molecule has 0 radical (unpaired) electrons. The van der Waals surface area contributed by atoms with Gasteiger partial charge in [-0.3, -0.25) is 23.9 Å². The van der Waals surface area contributed by atoms with E-state index < -0.39 is 0 Å². The lowest BCUT2D eigenvalue weighted by Crippen LogP contribution is -2.55. The summed E-state index contributed by atoms with van der Waals surface area (Å²) >= 11 is 1.46. The lowest BCUT2D eigenvalue weighted by Gasteiger charge is -2.37. The third-order valence-electron chi connectivity index (χ3n) is 7.01. The first-order valence-electron chi connectivity index (χ1n) is 12.3. The summed E-state index contributed by atoms with van der Waals surface area (Å²) in [5, 5.41) is 5.65. The molecular weight excluding hydrogens is 462 g/mol. The molecule has 1 saturated heterocycles. The minimum Gasteiger partial charge on any atom is -0.352 e. The summed E-state index contributed by atoms with van der Waals surface area (Å²) in [6.45, 7) is 6.79. The van der Waals surface area contributed by atoms with Crippen molar-refractivity contribution in [2.75, 3.05) is 26.2 Å². The van der Waals surface area contributed by atoms with Gasteiger partial charge in [0, 0.05) is 56.1 Å². The Hall–Kier alpha value is -3.04. The molecule has 5 rings (SSSR count). The number of nitrogens with zero attached hydrogens (tertiary/aromatic N) is 4. The van der Waals surface area contributed by atoms with E-state index in [0.717, 1.165) is 24.0 Å². The Morgan fingerprint density at radius 3 is 2.54 bits per heavy atom. The van der Waals surface area contributed by atoms with Crippen LogP contribution in [0.25, 0.3) is 21.3 Å². The van der Waals surface area contributed by atoms with Crippen molar-refractivity contribution in [3.63, 3.8) is 0 Å². The predicted octanol–water partition coefficient (Wildman–Crippen LogP) is 2.63. The second-order valence-corrected chi connectivity index (χ2v) is 10.4. The lowest BCUT2D eigenvalue weighted by atomic mass is 10.1. The Morgan fingerprint density at radius 2 is 1.86 bits per heavy atom. The second-order valence-electron chi connectivity index (χ2n) is 9.56. The summed E-state index contributed by atoms with van der Waals surface area (Å²) in [5.41, 5.74) is 2.94. The standard InChI is InChI=1S/C26H31N5O3S/c1-17-3-5-19(6-4-17)21-15-35-25-23(21)26(34)31(16-27-25)10-9-22(32)30-13-11-29(12-14-30)18(2)24(33)28-20-7-8-20/h3-6,15-16,18,20H,7-14H2,1-2H3,(H,28,33). The largest absolute Gasteiger partial charge is 0.352 e. The van der Waals surface area contributed by atoms with Gasteiger partial charge in [0.1, 0.15) is 4.83 Å². The van der Waals surface area contributed by atoms with Crippen molar-refractivity contribution in [2.45, 2.75) is 51.7 Å². The fourth-order valence-electron chi connectivity index (χ4n) is 4.52. The first kappa shape index (κ1) is 23.7. The van der Waals surface area contributed by atoms with Crippen LogP contribution in [0.4, 0.5) is 0 Å². The van der Waals surface area contributed by atoms with Crippen molar-refractivity contribution < 1.29 is 9.59 Å². The molecule has 1 saturated carbocycles. The van der Waals surface area contributed by atoms with Gasteiger partial charge in [0.15, 0.2) is 0 Å². The van der Waals surface area contributed by atoms with E-state index in [2.05, 4.69) is 15.2 Å². The Labute approximate surface area is 208 Å². The minimum absolute atomic E-state index is 0.0239. The summed E-state index contributed by atoms with van der Waals surface area (Å²) in [7, 11) is 0. The molecule has 1 unspecified atom stereocenters. The quantitative estimate of drug-likeness (QED) is 0.547. The zero-order chi connectivity index (χ0) is 24.5. The number of carbonyl (C=O) groups excluding carboxylic acids is 2. The van der Waals surface area contributed by atoms with Crippen molar-refractivity contribution in [2.24, 2.45) is 0 Å². The van der Waals surface area contributed by atoms with Crippen molar-refractivity contribution in [1.29, 1.82) is 0 Å². The first-order valence-corrected chi connectivity index (χ1v) is 13.1. The minimum atomic E-state index is -0.183. The maximum absolute atomic E-state index is 13.3. The van der Waals surface area contributed by atoms with Crippen LogP contribution in [0.15, 0.2) is 40.8 Å². The molecule has 2 aromatic heterocycles. The zero-order valence-corrected chi connectivity index (χ0v) is 21.0. The summed E-state index contributed by atoms with van der Waals surface area (Å²) in [6, 6.07) is 8.28. The molecule has 35 heavy (non-hydrogen) atoms. The number of aromatic nitrogens is 2. The molecule has 2 aliphatic rings.